The third kappa shape index (κ3) is 16.7. The van der Waals surface area contributed by atoms with Crippen LogP contribution in [0.4, 0.5) is 0 Å². The predicted octanol–water partition coefficient (Wildman–Crippen LogP) is 5.52. The molecule has 0 rings (SSSR count). The van der Waals surface area contributed by atoms with Gasteiger partial charge in [0.05, 0.1) is 6.61 Å². The maximum Gasteiger partial charge on any atom is 0.473 e. The standard InChI is InChI=1S/C17H38NO4P/c1-3-5-6-7-8-9-10-11-12-13-14-15-16-21-23(19,20)22-17(18)4-2/h17H,3-16,18H2,1-2H3,(H,19,20). The molecule has 0 saturated heterocycles. The van der Waals surface area contributed by atoms with Crippen LogP contribution in [-0.2, 0) is 13.6 Å². The van der Waals surface area contributed by atoms with Crippen molar-refractivity contribution in [2.75, 3.05) is 6.61 Å². The highest BCUT2D eigenvalue weighted by atomic mass is 31.2. The molecule has 0 saturated carbocycles. The molecule has 23 heavy (non-hydrogen) atoms. The third-order valence-corrected chi connectivity index (χ3v) is 4.97. The summed E-state index contributed by atoms with van der Waals surface area (Å²) < 4.78 is 21.2. The zero-order valence-electron chi connectivity index (χ0n) is 15.2. The molecule has 0 aromatic heterocycles. The molecular formula is C17H38NO4P. The number of nitrogens with two attached hydrogens (primary N) is 1. The van der Waals surface area contributed by atoms with Crippen LogP contribution in [0, 0.1) is 0 Å². The van der Waals surface area contributed by atoms with Crippen molar-refractivity contribution >= 4 is 7.82 Å². The van der Waals surface area contributed by atoms with E-state index in [2.05, 4.69) is 6.92 Å². The van der Waals surface area contributed by atoms with Crippen LogP contribution in [-0.4, -0.2) is 17.7 Å². The first kappa shape index (κ1) is 23.1. The van der Waals surface area contributed by atoms with Gasteiger partial charge in [0.25, 0.3) is 0 Å². The Morgan fingerprint density at radius 3 is 1.74 bits per heavy atom. The molecular weight excluding hydrogens is 313 g/mol. The maximum atomic E-state index is 11.5. The Hall–Kier alpha value is 0.0700. The van der Waals surface area contributed by atoms with Gasteiger partial charge in [-0.05, 0) is 12.8 Å². The van der Waals surface area contributed by atoms with E-state index in [0.29, 0.717) is 6.42 Å². The van der Waals surface area contributed by atoms with Gasteiger partial charge in [-0.15, -0.1) is 0 Å². The van der Waals surface area contributed by atoms with E-state index in [-0.39, 0.29) is 6.61 Å². The summed E-state index contributed by atoms with van der Waals surface area (Å²) >= 11 is 0. The van der Waals surface area contributed by atoms with Gasteiger partial charge < -0.3 is 10.6 Å². The van der Waals surface area contributed by atoms with Crippen LogP contribution in [0.1, 0.15) is 97.3 Å². The Bertz CT molecular complexity index is 302. The monoisotopic (exact) mass is 351 g/mol. The molecule has 2 unspecified atom stereocenters. The topological polar surface area (TPSA) is 81.8 Å². The van der Waals surface area contributed by atoms with E-state index in [0.717, 1.165) is 19.3 Å². The molecule has 0 bridgehead atoms. The second-order valence-corrected chi connectivity index (χ2v) is 7.65. The summed E-state index contributed by atoms with van der Waals surface area (Å²) in [6, 6.07) is 0. The van der Waals surface area contributed by atoms with Crippen molar-refractivity contribution in [3.05, 3.63) is 0 Å². The van der Waals surface area contributed by atoms with Gasteiger partial charge in [0.1, 0.15) is 6.23 Å². The van der Waals surface area contributed by atoms with E-state index >= 15 is 0 Å². The summed E-state index contributed by atoms with van der Waals surface area (Å²) in [5.74, 6) is 0. The fraction of sp³-hybridized carbons (Fsp3) is 1.00. The van der Waals surface area contributed by atoms with Crippen LogP contribution in [0.3, 0.4) is 0 Å². The summed E-state index contributed by atoms with van der Waals surface area (Å²) in [5.41, 5.74) is 5.47. The lowest BCUT2D eigenvalue weighted by Gasteiger charge is -2.15. The van der Waals surface area contributed by atoms with Crippen molar-refractivity contribution in [3.63, 3.8) is 0 Å². The normalized spacial score (nSPS) is 15.5. The van der Waals surface area contributed by atoms with Gasteiger partial charge >= 0.3 is 7.82 Å². The van der Waals surface area contributed by atoms with E-state index in [9.17, 15) is 9.46 Å². The van der Waals surface area contributed by atoms with Gasteiger partial charge in [-0.25, -0.2) is 4.57 Å². The zero-order chi connectivity index (χ0) is 17.4. The van der Waals surface area contributed by atoms with E-state index in [1.54, 1.807) is 6.92 Å². The highest BCUT2D eigenvalue weighted by molar-refractivity contribution is 7.47. The molecule has 3 N–H and O–H groups in total. The van der Waals surface area contributed by atoms with Gasteiger partial charge in [-0.1, -0.05) is 84.5 Å². The second-order valence-electron chi connectivity index (χ2n) is 6.24. The van der Waals surface area contributed by atoms with Crippen molar-refractivity contribution < 1.29 is 18.5 Å². The summed E-state index contributed by atoms with van der Waals surface area (Å²) in [7, 11) is -3.97. The lowest BCUT2D eigenvalue weighted by atomic mass is 10.1. The average Bonchev–Trinajstić information content (AvgIpc) is 2.51. The zero-order valence-corrected chi connectivity index (χ0v) is 16.1. The molecule has 0 aromatic rings. The quantitative estimate of drug-likeness (QED) is 0.205. The third-order valence-electron chi connectivity index (χ3n) is 3.92. The molecule has 0 aliphatic heterocycles. The van der Waals surface area contributed by atoms with Crippen LogP contribution in [0.25, 0.3) is 0 Å². The maximum absolute atomic E-state index is 11.5. The van der Waals surface area contributed by atoms with Gasteiger partial charge in [0, 0.05) is 0 Å². The Balaban J connectivity index is 3.29. The van der Waals surface area contributed by atoms with E-state index in [1.165, 1.54) is 57.8 Å². The first-order valence-corrected chi connectivity index (χ1v) is 10.9. The van der Waals surface area contributed by atoms with Crippen LogP contribution in [0.2, 0.25) is 0 Å². The molecule has 2 atom stereocenters. The van der Waals surface area contributed by atoms with Crippen LogP contribution in [0.5, 0.6) is 0 Å². The summed E-state index contributed by atoms with van der Waals surface area (Å²) in [5, 5.41) is 0. The van der Waals surface area contributed by atoms with Crippen molar-refractivity contribution in [1.29, 1.82) is 0 Å². The Morgan fingerprint density at radius 1 is 0.870 bits per heavy atom. The molecule has 6 heteroatoms. The number of hydrogen-bond donors (Lipinski definition) is 2. The van der Waals surface area contributed by atoms with Gasteiger partial charge in [-0.2, -0.15) is 0 Å². The Morgan fingerprint density at radius 2 is 1.30 bits per heavy atom. The Labute approximate surface area is 142 Å². The highest BCUT2D eigenvalue weighted by Crippen LogP contribution is 2.44. The van der Waals surface area contributed by atoms with E-state index in [1.807, 2.05) is 0 Å². The molecule has 5 nitrogen and oxygen atoms in total. The summed E-state index contributed by atoms with van der Waals surface area (Å²) in [6.07, 6.45) is 14.8. The van der Waals surface area contributed by atoms with Crippen molar-refractivity contribution in [2.45, 2.75) is 104 Å². The molecule has 0 fully saturated rings. The number of phosphoric ester groups is 1. The van der Waals surface area contributed by atoms with Crippen LogP contribution < -0.4 is 5.73 Å². The number of rotatable bonds is 17. The van der Waals surface area contributed by atoms with Gasteiger partial charge in [0.2, 0.25) is 0 Å². The molecule has 0 aromatic carbocycles. The SMILES string of the molecule is CCCCCCCCCCCCCCOP(=O)(O)OC(N)CC. The minimum absolute atomic E-state index is 0.252. The number of unbranched alkanes of at least 4 members (excludes halogenated alkanes) is 11. The minimum atomic E-state index is -3.97. The molecule has 0 radical (unpaired) electrons. The predicted molar refractivity (Wildman–Crippen MR) is 96.2 cm³/mol. The largest absolute Gasteiger partial charge is 0.473 e. The lowest BCUT2D eigenvalue weighted by Crippen LogP contribution is -2.21. The second kappa shape index (κ2) is 15.6. The molecule has 0 heterocycles. The fourth-order valence-corrected chi connectivity index (χ4v) is 3.31. The van der Waals surface area contributed by atoms with Crippen molar-refractivity contribution in [3.8, 4) is 0 Å². The number of hydrogen-bond acceptors (Lipinski definition) is 4. The smallest absolute Gasteiger partial charge is 0.306 e. The van der Waals surface area contributed by atoms with Crippen LogP contribution >= 0.6 is 7.82 Å². The molecule has 0 spiro atoms. The Kier molecular flexibility index (Phi) is 15.6. The summed E-state index contributed by atoms with van der Waals surface area (Å²) in [4.78, 5) is 9.42. The molecule has 0 amide bonds. The first-order valence-electron chi connectivity index (χ1n) is 9.43. The number of phosphoric acid groups is 1. The van der Waals surface area contributed by atoms with Crippen LogP contribution in [0.15, 0.2) is 0 Å². The van der Waals surface area contributed by atoms with E-state index < -0.39 is 14.1 Å². The molecule has 0 aliphatic rings. The van der Waals surface area contributed by atoms with Crippen molar-refractivity contribution in [2.24, 2.45) is 5.73 Å². The van der Waals surface area contributed by atoms with Gasteiger partial charge in [-0.3, -0.25) is 9.05 Å². The minimum Gasteiger partial charge on any atom is -0.306 e. The summed E-state index contributed by atoms with van der Waals surface area (Å²) in [6.45, 7) is 4.29. The highest BCUT2D eigenvalue weighted by Gasteiger charge is 2.23. The average molecular weight is 351 g/mol. The fourth-order valence-electron chi connectivity index (χ4n) is 2.40. The first-order chi connectivity index (χ1) is 11.0. The van der Waals surface area contributed by atoms with Crippen molar-refractivity contribution in [1.82, 2.24) is 0 Å². The molecule has 140 valence electrons. The lowest BCUT2D eigenvalue weighted by molar-refractivity contribution is 0.104. The van der Waals surface area contributed by atoms with E-state index in [4.69, 9.17) is 14.8 Å². The molecule has 0 aliphatic carbocycles. The van der Waals surface area contributed by atoms with Gasteiger partial charge in [0.15, 0.2) is 0 Å².